The fourth-order valence-electron chi connectivity index (χ4n) is 2.19. The minimum Gasteiger partial charge on any atom is -0.327 e. The fourth-order valence-corrected chi connectivity index (χ4v) is 3.66. The molecule has 20 heavy (non-hydrogen) atoms. The molecule has 2 unspecified atom stereocenters. The number of benzene rings is 2. The van der Waals surface area contributed by atoms with Gasteiger partial charge in [0, 0.05) is 21.5 Å². The number of hydrogen-bond acceptors (Lipinski definition) is 2. The lowest BCUT2D eigenvalue weighted by Crippen LogP contribution is -2.22. The Bertz CT molecular complexity index is 551. The molecular weight excluding hydrogens is 330 g/mol. The molecule has 0 aromatic heterocycles. The van der Waals surface area contributed by atoms with Crippen LogP contribution in [0.4, 0.5) is 0 Å². The van der Waals surface area contributed by atoms with Crippen LogP contribution in [0.1, 0.15) is 28.9 Å². The fraction of sp³-hybridized carbons (Fsp3) is 0.294. The van der Waals surface area contributed by atoms with Gasteiger partial charge in [-0.15, -0.1) is 11.8 Å². The van der Waals surface area contributed by atoms with Gasteiger partial charge >= 0.3 is 0 Å². The molecule has 0 aliphatic carbocycles. The SMILES string of the molecule is Cc1cccc(CSC(c2ccc(Br)cc2)C(C)N)c1. The van der Waals surface area contributed by atoms with Crippen LogP contribution in [0.5, 0.6) is 0 Å². The molecule has 0 aliphatic heterocycles. The van der Waals surface area contributed by atoms with Crippen LogP contribution in [-0.4, -0.2) is 6.04 Å². The second kappa shape index (κ2) is 7.30. The number of hydrogen-bond donors (Lipinski definition) is 1. The smallest absolute Gasteiger partial charge is 0.0448 e. The molecule has 3 heteroatoms. The summed E-state index contributed by atoms with van der Waals surface area (Å²) < 4.78 is 1.10. The number of nitrogens with two attached hydrogens (primary N) is 1. The molecule has 2 N–H and O–H groups in total. The Morgan fingerprint density at radius 1 is 1.15 bits per heavy atom. The van der Waals surface area contributed by atoms with Crippen molar-refractivity contribution in [1.29, 1.82) is 0 Å². The quantitative estimate of drug-likeness (QED) is 0.814. The topological polar surface area (TPSA) is 26.0 Å². The highest BCUT2D eigenvalue weighted by Gasteiger charge is 2.16. The van der Waals surface area contributed by atoms with E-state index in [1.165, 1.54) is 16.7 Å². The van der Waals surface area contributed by atoms with Crippen molar-refractivity contribution in [1.82, 2.24) is 0 Å². The highest BCUT2D eigenvalue weighted by molar-refractivity contribution is 9.10. The third-order valence-electron chi connectivity index (χ3n) is 3.19. The predicted molar refractivity (Wildman–Crippen MR) is 93.0 cm³/mol. The van der Waals surface area contributed by atoms with Crippen molar-refractivity contribution in [3.05, 3.63) is 69.7 Å². The molecule has 2 atom stereocenters. The summed E-state index contributed by atoms with van der Waals surface area (Å²) in [6.07, 6.45) is 0. The Morgan fingerprint density at radius 2 is 1.85 bits per heavy atom. The maximum atomic E-state index is 6.17. The van der Waals surface area contributed by atoms with Gasteiger partial charge in [-0.3, -0.25) is 0 Å². The van der Waals surface area contributed by atoms with Crippen LogP contribution < -0.4 is 5.73 Å². The summed E-state index contributed by atoms with van der Waals surface area (Å²) in [6, 6.07) is 17.3. The lowest BCUT2D eigenvalue weighted by Gasteiger charge is -2.21. The summed E-state index contributed by atoms with van der Waals surface area (Å²) in [4.78, 5) is 0. The molecule has 0 saturated carbocycles. The minimum absolute atomic E-state index is 0.131. The van der Waals surface area contributed by atoms with Gasteiger partial charge in [0.15, 0.2) is 0 Å². The van der Waals surface area contributed by atoms with Crippen LogP contribution in [0.25, 0.3) is 0 Å². The number of halogens is 1. The third kappa shape index (κ3) is 4.37. The van der Waals surface area contributed by atoms with Crippen LogP contribution in [0, 0.1) is 6.92 Å². The van der Waals surface area contributed by atoms with Gasteiger partial charge < -0.3 is 5.73 Å². The van der Waals surface area contributed by atoms with Crippen molar-refractivity contribution in [2.75, 3.05) is 0 Å². The van der Waals surface area contributed by atoms with E-state index in [9.17, 15) is 0 Å². The van der Waals surface area contributed by atoms with Crippen molar-refractivity contribution in [2.24, 2.45) is 5.73 Å². The first-order chi connectivity index (χ1) is 9.56. The normalized spacial score (nSPS) is 14.0. The maximum Gasteiger partial charge on any atom is 0.0448 e. The first-order valence-corrected chi connectivity index (χ1v) is 8.58. The van der Waals surface area contributed by atoms with E-state index in [-0.39, 0.29) is 6.04 Å². The van der Waals surface area contributed by atoms with Crippen molar-refractivity contribution < 1.29 is 0 Å². The Hall–Kier alpha value is -0.770. The zero-order valence-corrected chi connectivity index (χ0v) is 14.2. The second-order valence-electron chi connectivity index (χ2n) is 5.13. The van der Waals surface area contributed by atoms with Gasteiger partial charge in [0.1, 0.15) is 0 Å². The van der Waals surface area contributed by atoms with Crippen LogP contribution >= 0.6 is 27.7 Å². The minimum atomic E-state index is 0.131. The molecular formula is C17H20BrNS. The predicted octanol–water partition coefficient (Wildman–Crippen LogP) is 5.08. The zero-order valence-electron chi connectivity index (χ0n) is 11.8. The van der Waals surface area contributed by atoms with E-state index in [0.29, 0.717) is 5.25 Å². The first-order valence-electron chi connectivity index (χ1n) is 6.74. The van der Waals surface area contributed by atoms with Gasteiger partial charge in [0.05, 0.1) is 0 Å². The first kappa shape index (κ1) is 15.6. The van der Waals surface area contributed by atoms with Gasteiger partial charge in [-0.2, -0.15) is 0 Å². The number of thioether (sulfide) groups is 1. The summed E-state index contributed by atoms with van der Waals surface area (Å²) in [6.45, 7) is 4.21. The highest BCUT2D eigenvalue weighted by atomic mass is 79.9. The van der Waals surface area contributed by atoms with Gasteiger partial charge in [-0.05, 0) is 37.1 Å². The lowest BCUT2D eigenvalue weighted by atomic mass is 10.1. The molecule has 106 valence electrons. The summed E-state index contributed by atoms with van der Waals surface area (Å²) in [7, 11) is 0. The Kier molecular flexibility index (Phi) is 5.70. The standard InChI is InChI=1S/C17H20BrNS/c1-12-4-3-5-14(10-12)11-20-17(13(2)19)15-6-8-16(18)9-7-15/h3-10,13,17H,11,19H2,1-2H3. The lowest BCUT2D eigenvalue weighted by molar-refractivity contribution is 0.721. The van der Waals surface area contributed by atoms with E-state index in [4.69, 9.17) is 5.73 Å². The number of rotatable bonds is 5. The Balaban J connectivity index is 2.08. The van der Waals surface area contributed by atoms with Crippen molar-refractivity contribution in [2.45, 2.75) is 30.9 Å². The average Bonchev–Trinajstić information content (AvgIpc) is 2.41. The summed E-state index contributed by atoms with van der Waals surface area (Å²) in [5.74, 6) is 0.990. The zero-order chi connectivity index (χ0) is 14.5. The molecule has 0 saturated heterocycles. The molecule has 0 spiro atoms. The number of aryl methyl sites for hydroxylation is 1. The molecule has 0 radical (unpaired) electrons. The molecule has 2 rings (SSSR count). The molecule has 0 bridgehead atoms. The summed E-state index contributed by atoms with van der Waals surface area (Å²) >= 11 is 5.39. The highest BCUT2D eigenvalue weighted by Crippen LogP contribution is 2.34. The monoisotopic (exact) mass is 349 g/mol. The van der Waals surface area contributed by atoms with Gasteiger partial charge in [0.2, 0.25) is 0 Å². The molecule has 2 aromatic carbocycles. The average molecular weight is 350 g/mol. The van der Waals surface area contributed by atoms with Crippen molar-refractivity contribution >= 4 is 27.7 Å². The molecule has 0 fully saturated rings. The molecule has 2 aromatic rings. The molecule has 0 amide bonds. The maximum absolute atomic E-state index is 6.17. The molecule has 1 nitrogen and oxygen atoms in total. The van der Waals surface area contributed by atoms with Crippen LogP contribution in [0.2, 0.25) is 0 Å². The Morgan fingerprint density at radius 3 is 2.45 bits per heavy atom. The molecule has 0 heterocycles. The molecule has 0 aliphatic rings. The van der Waals surface area contributed by atoms with Crippen molar-refractivity contribution in [3.8, 4) is 0 Å². The van der Waals surface area contributed by atoms with E-state index < -0.39 is 0 Å². The van der Waals surface area contributed by atoms with Crippen LogP contribution in [0.15, 0.2) is 53.0 Å². The third-order valence-corrected chi connectivity index (χ3v) is 5.28. The van der Waals surface area contributed by atoms with Crippen LogP contribution in [0.3, 0.4) is 0 Å². The van der Waals surface area contributed by atoms with Gasteiger partial charge in [0.25, 0.3) is 0 Å². The Labute approximate surface area is 134 Å². The second-order valence-corrected chi connectivity index (χ2v) is 7.18. The van der Waals surface area contributed by atoms with E-state index >= 15 is 0 Å². The summed E-state index contributed by atoms with van der Waals surface area (Å²) in [5.41, 5.74) is 10.1. The van der Waals surface area contributed by atoms with E-state index in [2.05, 4.69) is 78.3 Å². The van der Waals surface area contributed by atoms with E-state index in [1.54, 1.807) is 0 Å². The van der Waals surface area contributed by atoms with Crippen LogP contribution in [-0.2, 0) is 5.75 Å². The van der Waals surface area contributed by atoms with Gasteiger partial charge in [-0.25, -0.2) is 0 Å². The van der Waals surface area contributed by atoms with Crippen molar-refractivity contribution in [3.63, 3.8) is 0 Å². The largest absolute Gasteiger partial charge is 0.327 e. The van der Waals surface area contributed by atoms with E-state index in [0.717, 1.165) is 10.2 Å². The van der Waals surface area contributed by atoms with Gasteiger partial charge in [-0.1, -0.05) is 57.9 Å². The summed E-state index contributed by atoms with van der Waals surface area (Å²) in [5, 5.41) is 0.323. The van der Waals surface area contributed by atoms with E-state index in [1.807, 2.05) is 11.8 Å².